The molecule has 2 atom stereocenters. The number of rotatable bonds is 8. The Hall–Kier alpha value is -4.88. The van der Waals surface area contributed by atoms with Crippen molar-refractivity contribution in [2.24, 2.45) is 0 Å². The van der Waals surface area contributed by atoms with E-state index >= 15 is 0 Å². The van der Waals surface area contributed by atoms with Crippen molar-refractivity contribution in [1.82, 2.24) is 0 Å². The minimum Gasteiger partial charge on any atom is -0.508 e. The molecule has 1 amide bonds. The van der Waals surface area contributed by atoms with Crippen molar-refractivity contribution in [1.29, 1.82) is 0 Å². The van der Waals surface area contributed by atoms with Crippen molar-refractivity contribution in [2.45, 2.75) is 24.1 Å². The third-order valence-electron chi connectivity index (χ3n) is 7.68. The molecule has 1 saturated heterocycles. The van der Waals surface area contributed by atoms with Gasteiger partial charge in [-0.05, 0) is 83.3 Å². The van der Waals surface area contributed by atoms with E-state index in [4.69, 9.17) is 0 Å². The van der Waals surface area contributed by atoms with Crippen LogP contribution in [0.5, 0.6) is 11.5 Å². The van der Waals surface area contributed by atoms with Crippen LogP contribution in [0, 0.1) is 5.82 Å². The van der Waals surface area contributed by atoms with Crippen molar-refractivity contribution in [3.8, 4) is 33.8 Å². The number of phenols is 2. The standard InChI is InChI=1S/C36H28FNO4S/c37-28-14-9-25(10-15-28)32(40)19-20-34-35(31-18-13-27(22-33(31)41)26-7-4-8-30(39)21-26)38(36(42)43-34)29-16-11-24(12-17-29)23-5-2-1-3-6-23/h1-18,21-22,34-35,39,41H,19-20H2/t34-,35-/m1/s1. The van der Waals surface area contributed by atoms with Gasteiger partial charge in [-0.15, -0.1) is 0 Å². The molecule has 0 aliphatic carbocycles. The predicted octanol–water partition coefficient (Wildman–Crippen LogP) is 9.02. The van der Waals surface area contributed by atoms with Crippen LogP contribution in [0.3, 0.4) is 0 Å². The number of halogens is 1. The van der Waals surface area contributed by atoms with Gasteiger partial charge in [0.2, 0.25) is 0 Å². The molecule has 0 unspecified atom stereocenters. The van der Waals surface area contributed by atoms with E-state index in [0.717, 1.165) is 34.0 Å². The summed E-state index contributed by atoms with van der Waals surface area (Å²) in [6, 6.07) is 34.7. The highest BCUT2D eigenvalue weighted by Crippen LogP contribution is 2.49. The lowest BCUT2D eigenvalue weighted by molar-refractivity contribution is 0.0979. The van der Waals surface area contributed by atoms with Crippen LogP contribution in [-0.4, -0.2) is 26.5 Å². The Balaban J connectivity index is 1.33. The molecule has 1 fully saturated rings. The second-order valence-electron chi connectivity index (χ2n) is 10.4. The minimum absolute atomic E-state index is 0.0157. The molecule has 1 heterocycles. The molecule has 5 aromatic carbocycles. The van der Waals surface area contributed by atoms with Gasteiger partial charge in [0.25, 0.3) is 5.24 Å². The number of phenolic OH excluding ortho intramolecular Hbond substituents is 2. The van der Waals surface area contributed by atoms with Gasteiger partial charge in [0.1, 0.15) is 17.3 Å². The van der Waals surface area contributed by atoms with Gasteiger partial charge in [-0.3, -0.25) is 14.5 Å². The maximum atomic E-state index is 13.6. The molecule has 5 nitrogen and oxygen atoms in total. The molecule has 1 aliphatic rings. The first-order valence-electron chi connectivity index (χ1n) is 13.9. The van der Waals surface area contributed by atoms with Crippen LogP contribution in [0.25, 0.3) is 22.3 Å². The lowest BCUT2D eigenvalue weighted by Gasteiger charge is -2.28. The number of aromatic hydroxyl groups is 2. The van der Waals surface area contributed by atoms with Gasteiger partial charge in [0, 0.05) is 28.5 Å². The number of ketones is 1. The largest absolute Gasteiger partial charge is 0.508 e. The van der Waals surface area contributed by atoms with E-state index in [1.807, 2.05) is 66.7 Å². The summed E-state index contributed by atoms with van der Waals surface area (Å²) in [7, 11) is 0. The fourth-order valence-electron chi connectivity index (χ4n) is 5.51. The average molecular weight is 590 g/mol. The molecule has 2 N–H and O–H groups in total. The molecule has 5 aromatic rings. The zero-order chi connectivity index (χ0) is 29.9. The van der Waals surface area contributed by atoms with E-state index in [1.54, 1.807) is 35.2 Å². The molecule has 1 aliphatic heterocycles. The molecule has 7 heteroatoms. The smallest absolute Gasteiger partial charge is 0.287 e. The van der Waals surface area contributed by atoms with Crippen molar-refractivity contribution in [2.75, 3.05) is 4.90 Å². The van der Waals surface area contributed by atoms with Crippen LogP contribution >= 0.6 is 11.8 Å². The normalized spacial score (nSPS) is 16.4. The number of carbonyl (C=O) groups is 2. The molecule has 214 valence electrons. The zero-order valence-corrected chi connectivity index (χ0v) is 23.9. The molecule has 0 spiro atoms. The SMILES string of the molecule is O=C(CC[C@H]1SC(=O)N(c2ccc(-c3ccccc3)cc2)[C@@H]1c1ccc(-c2cccc(O)c2)cc1O)c1ccc(F)cc1. The predicted molar refractivity (Wildman–Crippen MR) is 169 cm³/mol. The van der Waals surface area contributed by atoms with Crippen LogP contribution in [0.15, 0.2) is 121 Å². The third-order valence-corrected chi connectivity index (χ3v) is 8.88. The van der Waals surface area contributed by atoms with Gasteiger partial charge >= 0.3 is 0 Å². The number of Topliss-reactive ketones (excluding diaryl/α,β-unsaturated/α-hetero) is 1. The molecule has 0 aromatic heterocycles. The summed E-state index contributed by atoms with van der Waals surface area (Å²) in [5.74, 6) is -0.412. The lowest BCUT2D eigenvalue weighted by atomic mass is 9.93. The number of nitrogens with zero attached hydrogens (tertiary/aromatic N) is 1. The molecule has 0 saturated carbocycles. The number of hydrogen-bond acceptors (Lipinski definition) is 5. The summed E-state index contributed by atoms with van der Waals surface area (Å²) in [5, 5.41) is 20.7. The van der Waals surface area contributed by atoms with Crippen LogP contribution in [0.2, 0.25) is 0 Å². The molecule has 6 rings (SSSR count). The number of hydrogen-bond donors (Lipinski definition) is 2. The van der Waals surface area contributed by atoms with Gasteiger partial charge in [-0.25, -0.2) is 4.39 Å². The first-order valence-corrected chi connectivity index (χ1v) is 14.8. The van der Waals surface area contributed by atoms with E-state index in [0.29, 0.717) is 23.2 Å². The summed E-state index contributed by atoms with van der Waals surface area (Å²) in [6.45, 7) is 0. The van der Waals surface area contributed by atoms with Gasteiger partial charge in [0.15, 0.2) is 5.78 Å². The Kier molecular flexibility index (Phi) is 7.99. The van der Waals surface area contributed by atoms with E-state index in [-0.39, 0.29) is 34.2 Å². The molecular formula is C36H28FNO4S. The molecule has 0 bridgehead atoms. The van der Waals surface area contributed by atoms with Crippen molar-refractivity contribution < 1.29 is 24.2 Å². The maximum Gasteiger partial charge on any atom is 0.287 e. The summed E-state index contributed by atoms with van der Waals surface area (Å²) in [6.07, 6.45) is 0.541. The van der Waals surface area contributed by atoms with Gasteiger partial charge < -0.3 is 10.2 Å². The number of amides is 1. The number of carbonyl (C=O) groups excluding carboxylic acids is 2. The van der Waals surface area contributed by atoms with Gasteiger partial charge in [0.05, 0.1) is 6.04 Å². The van der Waals surface area contributed by atoms with Crippen molar-refractivity contribution in [3.63, 3.8) is 0 Å². The van der Waals surface area contributed by atoms with E-state index < -0.39 is 11.9 Å². The third kappa shape index (κ3) is 6.03. The number of anilines is 1. The fourth-order valence-corrected chi connectivity index (χ4v) is 6.73. The Morgan fingerprint density at radius 2 is 1.40 bits per heavy atom. The van der Waals surface area contributed by atoms with E-state index in [1.165, 1.54) is 24.3 Å². The number of benzene rings is 5. The van der Waals surface area contributed by atoms with Crippen molar-refractivity contribution in [3.05, 3.63) is 138 Å². The Labute approximate surface area is 253 Å². The average Bonchev–Trinajstić information content (AvgIpc) is 3.36. The second-order valence-corrected chi connectivity index (χ2v) is 11.6. The van der Waals surface area contributed by atoms with Crippen LogP contribution in [0.1, 0.15) is 34.8 Å². The maximum absolute atomic E-state index is 13.6. The van der Waals surface area contributed by atoms with E-state index in [9.17, 15) is 24.2 Å². The highest BCUT2D eigenvalue weighted by Gasteiger charge is 2.43. The highest BCUT2D eigenvalue weighted by atomic mass is 32.2. The quantitative estimate of drug-likeness (QED) is 0.177. The van der Waals surface area contributed by atoms with Gasteiger partial charge in [-0.2, -0.15) is 0 Å². The van der Waals surface area contributed by atoms with Crippen LogP contribution in [0.4, 0.5) is 14.9 Å². The van der Waals surface area contributed by atoms with Crippen LogP contribution < -0.4 is 4.90 Å². The Bertz CT molecular complexity index is 1770. The first kappa shape index (κ1) is 28.2. The molecular weight excluding hydrogens is 561 g/mol. The zero-order valence-electron chi connectivity index (χ0n) is 23.1. The lowest BCUT2D eigenvalue weighted by Crippen LogP contribution is -2.29. The summed E-state index contributed by atoms with van der Waals surface area (Å²) in [4.78, 5) is 28.2. The highest BCUT2D eigenvalue weighted by molar-refractivity contribution is 8.14. The summed E-state index contributed by atoms with van der Waals surface area (Å²) >= 11 is 1.15. The topological polar surface area (TPSA) is 77.8 Å². The summed E-state index contributed by atoms with van der Waals surface area (Å²) < 4.78 is 13.4. The first-order chi connectivity index (χ1) is 20.9. The fraction of sp³-hybridized carbons (Fsp3) is 0.111. The number of thioether (sulfide) groups is 1. The Morgan fingerprint density at radius 3 is 2.09 bits per heavy atom. The molecule has 0 radical (unpaired) electrons. The van der Waals surface area contributed by atoms with Crippen molar-refractivity contribution >= 4 is 28.5 Å². The van der Waals surface area contributed by atoms with Gasteiger partial charge in [-0.1, -0.05) is 78.5 Å². The molecule has 43 heavy (non-hydrogen) atoms. The monoisotopic (exact) mass is 589 g/mol. The summed E-state index contributed by atoms with van der Waals surface area (Å²) in [5.41, 5.74) is 5.20. The minimum atomic E-state index is -0.542. The Morgan fingerprint density at radius 1 is 0.744 bits per heavy atom. The second kappa shape index (κ2) is 12.2. The van der Waals surface area contributed by atoms with Crippen LogP contribution in [-0.2, 0) is 0 Å². The van der Waals surface area contributed by atoms with E-state index in [2.05, 4.69) is 0 Å².